The fourth-order valence-corrected chi connectivity index (χ4v) is 2.14. The van der Waals surface area contributed by atoms with Crippen LogP contribution >= 0.6 is 11.6 Å². The van der Waals surface area contributed by atoms with Gasteiger partial charge in [-0.2, -0.15) is 0 Å². The van der Waals surface area contributed by atoms with Crippen molar-refractivity contribution in [2.24, 2.45) is 0 Å². The molecule has 0 radical (unpaired) electrons. The van der Waals surface area contributed by atoms with E-state index in [0.717, 1.165) is 11.3 Å². The molecule has 110 valence electrons. The lowest BCUT2D eigenvalue weighted by atomic mass is 10.2. The fraction of sp³-hybridized carbons (Fsp3) is 0.188. The fourth-order valence-electron chi connectivity index (χ4n) is 1.89. The van der Waals surface area contributed by atoms with Crippen LogP contribution in [0, 0.1) is 6.92 Å². The zero-order valence-corrected chi connectivity index (χ0v) is 12.7. The molecule has 0 bridgehead atoms. The molecule has 0 heterocycles. The molecule has 5 heteroatoms. The summed E-state index contributed by atoms with van der Waals surface area (Å²) in [6.45, 7) is 2.19. The van der Waals surface area contributed by atoms with Gasteiger partial charge in [-0.05, 0) is 42.8 Å². The van der Waals surface area contributed by atoms with E-state index in [4.69, 9.17) is 16.3 Å². The van der Waals surface area contributed by atoms with Crippen molar-refractivity contribution < 1.29 is 9.53 Å². The van der Waals surface area contributed by atoms with Crippen LogP contribution < -0.4 is 15.4 Å². The normalized spacial score (nSPS) is 10.0. The van der Waals surface area contributed by atoms with Gasteiger partial charge in [-0.25, -0.2) is 0 Å². The molecular weight excluding hydrogens is 288 g/mol. The molecule has 0 aromatic heterocycles. The summed E-state index contributed by atoms with van der Waals surface area (Å²) in [5.41, 5.74) is 2.69. The van der Waals surface area contributed by atoms with E-state index < -0.39 is 0 Å². The summed E-state index contributed by atoms with van der Waals surface area (Å²) in [4.78, 5) is 11.9. The highest BCUT2D eigenvalue weighted by atomic mass is 35.5. The van der Waals surface area contributed by atoms with E-state index in [1.54, 1.807) is 25.3 Å². The number of nitrogens with one attached hydrogen (secondary N) is 2. The second-order valence-corrected chi connectivity index (χ2v) is 5.03. The average molecular weight is 305 g/mol. The Bertz CT molecular complexity index is 644. The van der Waals surface area contributed by atoms with E-state index in [-0.39, 0.29) is 12.5 Å². The van der Waals surface area contributed by atoms with E-state index in [1.807, 2.05) is 31.2 Å². The van der Waals surface area contributed by atoms with E-state index >= 15 is 0 Å². The molecule has 0 saturated heterocycles. The minimum absolute atomic E-state index is 0.141. The third-order valence-corrected chi connectivity index (χ3v) is 3.20. The minimum atomic E-state index is -0.141. The monoisotopic (exact) mass is 304 g/mol. The molecule has 0 atom stereocenters. The molecule has 0 saturated carbocycles. The van der Waals surface area contributed by atoms with Gasteiger partial charge in [0.05, 0.1) is 18.7 Å². The number of hydrogen-bond donors (Lipinski definition) is 2. The van der Waals surface area contributed by atoms with Crippen LogP contribution in [-0.4, -0.2) is 19.6 Å². The first-order valence-electron chi connectivity index (χ1n) is 6.52. The Morgan fingerprint density at radius 3 is 2.67 bits per heavy atom. The predicted octanol–water partition coefficient (Wildman–Crippen LogP) is 3.71. The number of amides is 1. The number of benzene rings is 2. The van der Waals surface area contributed by atoms with Crippen molar-refractivity contribution in [3.8, 4) is 5.75 Å². The molecule has 0 spiro atoms. The number of anilines is 2. The number of hydrogen-bond acceptors (Lipinski definition) is 3. The van der Waals surface area contributed by atoms with Crippen molar-refractivity contribution in [3.63, 3.8) is 0 Å². The highest BCUT2D eigenvalue weighted by Crippen LogP contribution is 2.27. The molecule has 0 aliphatic rings. The third kappa shape index (κ3) is 4.39. The van der Waals surface area contributed by atoms with Crippen molar-refractivity contribution in [1.29, 1.82) is 0 Å². The number of halogens is 1. The molecule has 2 rings (SSSR count). The number of methoxy groups -OCH3 is 1. The van der Waals surface area contributed by atoms with Gasteiger partial charge in [-0.1, -0.05) is 23.7 Å². The van der Waals surface area contributed by atoms with Crippen LogP contribution in [0.3, 0.4) is 0 Å². The first-order valence-corrected chi connectivity index (χ1v) is 6.90. The molecule has 0 aliphatic carbocycles. The second-order valence-electron chi connectivity index (χ2n) is 4.62. The van der Waals surface area contributed by atoms with Crippen molar-refractivity contribution in [2.45, 2.75) is 6.92 Å². The van der Waals surface area contributed by atoms with E-state index in [0.29, 0.717) is 16.5 Å². The zero-order chi connectivity index (χ0) is 15.2. The Labute approximate surface area is 129 Å². The Hall–Kier alpha value is -2.20. The lowest BCUT2D eigenvalue weighted by Gasteiger charge is -2.10. The molecule has 0 aliphatic heterocycles. The molecule has 0 fully saturated rings. The summed E-state index contributed by atoms with van der Waals surface area (Å²) in [6, 6.07) is 13.0. The summed E-state index contributed by atoms with van der Waals surface area (Å²) >= 11 is 6.01. The number of carbonyl (C=O) groups excluding carboxylic acids is 1. The molecule has 21 heavy (non-hydrogen) atoms. The highest BCUT2D eigenvalue weighted by molar-refractivity contribution is 6.32. The molecular formula is C16H17ClN2O2. The maximum absolute atomic E-state index is 11.9. The first-order chi connectivity index (χ1) is 10.1. The van der Waals surface area contributed by atoms with Crippen LogP contribution in [0.25, 0.3) is 0 Å². The van der Waals surface area contributed by atoms with Crippen LogP contribution in [0.1, 0.15) is 5.56 Å². The first kappa shape index (κ1) is 15.2. The summed E-state index contributed by atoms with van der Waals surface area (Å²) in [7, 11) is 1.55. The predicted molar refractivity (Wildman–Crippen MR) is 86.3 cm³/mol. The highest BCUT2D eigenvalue weighted by Gasteiger charge is 2.05. The largest absolute Gasteiger partial charge is 0.495 e. The number of carbonyl (C=O) groups is 1. The average Bonchev–Trinajstić information content (AvgIpc) is 2.45. The van der Waals surface area contributed by atoms with Crippen LogP contribution in [0.15, 0.2) is 42.5 Å². The number of aryl methyl sites for hydroxylation is 1. The zero-order valence-electron chi connectivity index (χ0n) is 11.9. The van der Waals surface area contributed by atoms with Gasteiger partial charge in [0, 0.05) is 11.4 Å². The van der Waals surface area contributed by atoms with Gasteiger partial charge in [-0.3, -0.25) is 4.79 Å². The number of ether oxygens (including phenoxy) is 1. The van der Waals surface area contributed by atoms with Gasteiger partial charge in [0.2, 0.25) is 5.91 Å². The lowest BCUT2D eigenvalue weighted by molar-refractivity contribution is -0.114. The molecule has 2 aromatic rings. The van der Waals surface area contributed by atoms with Crippen LogP contribution in [0.4, 0.5) is 11.4 Å². The van der Waals surface area contributed by atoms with Crippen molar-refractivity contribution >= 4 is 28.9 Å². The van der Waals surface area contributed by atoms with E-state index in [2.05, 4.69) is 10.6 Å². The smallest absolute Gasteiger partial charge is 0.243 e. The van der Waals surface area contributed by atoms with Gasteiger partial charge in [-0.15, -0.1) is 0 Å². The van der Waals surface area contributed by atoms with Gasteiger partial charge in [0.25, 0.3) is 0 Å². The molecule has 2 aromatic carbocycles. The molecule has 2 N–H and O–H groups in total. The quantitative estimate of drug-likeness (QED) is 0.885. The topological polar surface area (TPSA) is 50.4 Å². The second kappa shape index (κ2) is 6.99. The van der Waals surface area contributed by atoms with Crippen LogP contribution in [0.2, 0.25) is 5.02 Å². The number of rotatable bonds is 5. The van der Waals surface area contributed by atoms with Gasteiger partial charge >= 0.3 is 0 Å². The van der Waals surface area contributed by atoms with E-state index in [9.17, 15) is 4.79 Å². The Kier molecular flexibility index (Phi) is 5.06. The van der Waals surface area contributed by atoms with Crippen molar-refractivity contribution in [1.82, 2.24) is 0 Å². The van der Waals surface area contributed by atoms with Crippen LogP contribution in [0.5, 0.6) is 5.75 Å². The summed E-state index contributed by atoms with van der Waals surface area (Å²) in [5.74, 6) is 0.435. The SMILES string of the molecule is COc1ccc(NC(=O)CNc2cccc(C)c2)cc1Cl. The van der Waals surface area contributed by atoms with Crippen LogP contribution in [-0.2, 0) is 4.79 Å². The van der Waals surface area contributed by atoms with E-state index in [1.165, 1.54) is 0 Å². The third-order valence-electron chi connectivity index (χ3n) is 2.91. The van der Waals surface area contributed by atoms with Gasteiger partial charge in [0.1, 0.15) is 5.75 Å². The summed E-state index contributed by atoms with van der Waals surface area (Å²) in [6.07, 6.45) is 0. The Balaban J connectivity index is 1.91. The molecule has 4 nitrogen and oxygen atoms in total. The standard InChI is InChI=1S/C16H17ClN2O2/c1-11-4-3-5-12(8-11)18-10-16(20)19-13-6-7-15(21-2)14(17)9-13/h3-9,18H,10H2,1-2H3,(H,19,20). The Morgan fingerprint density at radius 2 is 2.00 bits per heavy atom. The van der Waals surface area contributed by atoms with Gasteiger partial charge in [0.15, 0.2) is 0 Å². The summed E-state index contributed by atoms with van der Waals surface area (Å²) < 4.78 is 5.06. The molecule has 1 amide bonds. The Morgan fingerprint density at radius 1 is 1.19 bits per heavy atom. The molecule has 0 unspecified atom stereocenters. The maximum atomic E-state index is 11.9. The lowest BCUT2D eigenvalue weighted by Crippen LogP contribution is -2.21. The van der Waals surface area contributed by atoms with Crippen molar-refractivity contribution in [2.75, 3.05) is 24.3 Å². The summed E-state index contributed by atoms with van der Waals surface area (Å²) in [5, 5.41) is 6.31. The van der Waals surface area contributed by atoms with Crippen molar-refractivity contribution in [3.05, 3.63) is 53.1 Å². The maximum Gasteiger partial charge on any atom is 0.243 e. The van der Waals surface area contributed by atoms with Gasteiger partial charge < -0.3 is 15.4 Å². The minimum Gasteiger partial charge on any atom is -0.495 e.